The van der Waals surface area contributed by atoms with Crippen molar-refractivity contribution in [3.8, 4) is 11.5 Å². The van der Waals surface area contributed by atoms with Crippen LogP contribution in [0.15, 0.2) is 18.2 Å². The van der Waals surface area contributed by atoms with Crippen molar-refractivity contribution in [2.45, 2.75) is 51.6 Å². The zero-order valence-corrected chi connectivity index (χ0v) is 13.1. The highest BCUT2D eigenvalue weighted by Gasteiger charge is 2.33. The van der Waals surface area contributed by atoms with Crippen molar-refractivity contribution in [2.24, 2.45) is 5.92 Å². The maximum absolute atomic E-state index is 9.79. The number of hydrogen-bond acceptors (Lipinski definition) is 4. The second-order valence-electron chi connectivity index (χ2n) is 6.23. The molecule has 0 radical (unpaired) electrons. The van der Waals surface area contributed by atoms with E-state index in [0.29, 0.717) is 24.8 Å². The van der Waals surface area contributed by atoms with Gasteiger partial charge in [0, 0.05) is 12.1 Å². The Labute approximate surface area is 127 Å². The predicted molar refractivity (Wildman–Crippen MR) is 83.6 cm³/mol. The molecule has 21 heavy (non-hydrogen) atoms. The molecule has 2 atom stereocenters. The van der Waals surface area contributed by atoms with Crippen molar-refractivity contribution in [1.29, 1.82) is 0 Å². The number of hydrogen-bond donors (Lipinski definition) is 3. The number of rotatable bonds is 6. The van der Waals surface area contributed by atoms with Crippen LogP contribution in [0.3, 0.4) is 0 Å². The zero-order valence-electron chi connectivity index (χ0n) is 13.1. The van der Waals surface area contributed by atoms with Gasteiger partial charge in [-0.3, -0.25) is 0 Å². The van der Waals surface area contributed by atoms with E-state index in [1.165, 1.54) is 6.42 Å². The maximum atomic E-state index is 9.79. The molecule has 0 aromatic heterocycles. The van der Waals surface area contributed by atoms with Crippen LogP contribution in [0, 0.1) is 5.92 Å². The lowest BCUT2D eigenvalue weighted by Gasteiger charge is -2.39. The van der Waals surface area contributed by atoms with Gasteiger partial charge in [0.15, 0.2) is 11.5 Å². The molecule has 4 nitrogen and oxygen atoms in total. The fraction of sp³-hybridized carbons (Fsp3) is 0.647. The zero-order chi connectivity index (χ0) is 15.3. The minimum atomic E-state index is -0.165. The van der Waals surface area contributed by atoms with E-state index in [1.54, 1.807) is 6.07 Å². The number of ether oxygens (including phenoxy) is 1. The monoisotopic (exact) mass is 293 g/mol. The maximum Gasteiger partial charge on any atom is 0.161 e. The van der Waals surface area contributed by atoms with E-state index >= 15 is 0 Å². The van der Waals surface area contributed by atoms with Crippen molar-refractivity contribution in [3.05, 3.63) is 23.8 Å². The summed E-state index contributed by atoms with van der Waals surface area (Å²) in [7, 11) is 0. The molecule has 1 saturated carbocycles. The molecule has 0 amide bonds. The van der Waals surface area contributed by atoms with E-state index in [-0.39, 0.29) is 17.9 Å². The third-order valence-corrected chi connectivity index (χ3v) is 4.39. The molecule has 0 spiro atoms. The fourth-order valence-corrected chi connectivity index (χ4v) is 3.25. The van der Waals surface area contributed by atoms with Gasteiger partial charge in [0.25, 0.3) is 0 Å². The average molecular weight is 293 g/mol. The van der Waals surface area contributed by atoms with E-state index in [2.05, 4.69) is 12.2 Å². The third kappa shape index (κ3) is 4.11. The first-order valence-corrected chi connectivity index (χ1v) is 7.89. The Morgan fingerprint density at radius 1 is 1.43 bits per heavy atom. The summed E-state index contributed by atoms with van der Waals surface area (Å²) in [4.78, 5) is 0. The standard InChI is InChI=1S/C17H27NO3/c1-3-21-16-9-14(6-7-15(16)20)11-18-17(12-19)8-4-5-13(2)10-17/h6-7,9,13,18-20H,3-5,8,10-12H2,1-2H3. The summed E-state index contributed by atoms with van der Waals surface area (Å²) in [5.74, 6) is 1.34. The molecular formula is C17H27NO3. The summed E-state index contributed by atoms with van der Waals surface area (Å²) in [6, 6.07) is 5.42. The van der Waals surface area contributed by atoms with Crippen LogP contribution in [-0.4, -0.2) is 29.0 Å². The lowest BCUT2D eigenvalue weighted by molar-refractivity contribution is 0.0982. The number of aromatic hydroxyl groups is 1. The van der Waals surface area contributed by atoms with Crippen LogP contribution in [0.2, 0.25) is 0 Å². The molecule has 1 fully saturated rings. The van der Waals surface area contributed by atoms with Crippen LogP contribution in [0.5, 0.6) is 11.5 Å². The van der Waals surface area contributed by atoms with Gasteiger partial charge in [-0.15, -0.1) is 0 Å². The van der Waals surface area contributed by atoms with E-state index < -0.39 is 0 Å². The molecule has 1 aliphatic rings. The second kappa shape index (κ2) is 7.14. The van der Waals surface area contributed by atoms with Gasteiger partial charge in [-0.2, -0.15) is 0 Å². The van der Waals surface area contributed by atoms with E-state index in [4.69, 9.17) is 4.74 Å². The predicted octanol–water partition coefficient (Wildman–Crippen LogP) is 2.82. The molecule has 0 saturated heterocycles. The van der Waals surface area contributed by atoms with Gasteiger partial charge < -0.3 is 20.3 Å². The van der Waals surface area contributed by atoms with Gasteiger partial charge >= 0.3 is 0 Å². The molecule has 118 valence electrons. The van der Waals surface area contributed by atoms with Gasteiger partial charge in [-0.1, -0.05) is 25.8 Å². The summed E-state index contributed by atoms with van der Waals surface area (Å²) in [5.41, 5.74) is 0.892. The molecule has 0 aliphatic heterocycles. The Hall–Kier alpha value is -1.26. The Bertz CT molecular complexity index is 463. The highest BCUT2D eigenvalue weighted by molar-refractivity contribution is 5.41. The minimum absolute atomic E-state index is 0.165. The van der Waals surface area contributed by atoms with E-state index in [9.17, 15) is 10.2 Å². The summed E-state index contributed by atoms with van der Waals surface area (Å²) >= 11 is 0. The molecule has 2 unspecified atom stereocenters. The Morgan fingerprint density at radius 2 is 2.24 bits per heavy atom. The molecule has 0 heterocycles. The van der Waals surface area contributed by atoms with Crippen molar-refractivity contribution in [2.75, 3.05) is 13.2 Å². The quantitative estimate of drug-likeness (QED) is 0.755. The van der Waals surface area contributed by atoms with Gasteiger partial charge in [0.1, 0.15) is 0 Å². The molecule has 1 aliphatic carbocycles. The highest BCUT2D eigenvalue weighted by atomic mass is 16.5. The van der Waals surface area contributed by atoms with Crippen LogP contribution in [0.1, 0.15) is 45.1 Å². The summed E-state index contributed by atoms with van der Waals surface area (Å²) < 4.78 is 5.41. The van der Waals surface area contributed by atoms with Gasteiger partial charge in [0.2, 0.25) is 0 Å². The SMILES string of the molecule is CCOc1cc(CNC2(CO)CCCC(C)C2)ccc1O. The first-order valence-electron chi connectivity index (χ1n) is 7.89. The fourth-order valence-electron chi connectivity index (χ4n) is 3.25. The highest BCUT2D eigenvalue weighted by Crippen LogP contribution is 2.33. The number of aliphatic hydroxyl groups is 1. The summed E-state index contributed by atoms with van der Waals surface area (Å²) in [6.07, 6.45) is 4.44. The molecular weight excluding hydrogens is 266 g/mol. The van der Waals surface area contributed by atoms with Crippen molar-refractivity contribution in [3.63, 3.8) is 0 Å². The van der Waals surface area contributed by atoms with Crippen molar-refractivity contribution >= 4 is 0 Å². The smallest absolute Gasteiger partial charge is 0.161 e. The van der Waals surface area contributed by atoms with E-state index in [1.807, 2.05) is 19.1 Å². The molecule has 1 aromatic rings. The molecule has 2 rings (SSSR count). The van der Waals surface area contributed by atoms with Crippen LogP contribution in [0.4, 0.5) is 0 Å². The Kier molecular flexibility index (Phi) is 5.48. The average Bonchev–Trinajstić information content (AvgIpc) is 2.48. The number of phenolic OH excluding ortho intramolecular Hbond substituents is 1. The molecule has 1 aromatic carbocycles. The van der Waals surface area contributed by atoms with Gasteiger partial charge in [0.05, 0.1) is 13.2 Å². The van der Waals surface area contributed by atoms with Gasteiger partial charge in [-0.25, -0.2) is 0 Å². The Morgan fingerprint density at radius 3 is 2.90 bits per heavy atom. The third-order valence-electron chi connectivity index (χ3n) is 4.39. The van der Waals surface area contributed by atoms with E-state index in [0.717, 1.165) is 24.8 Å². The Balaban J connectivity index is 2.02. The first-order chi connectivity index (χ1) is 10.1. The van der Waals surface area contributed by atoms with Crippen LogP contribution in [0.25, 0.3) is 0 Å². The lowest BCUT2D eigenvalue weighted by atomic mass is 9.77. The second-order valence-corrected chi connectivity index (χ2v) is 6.23. The minimum Gasteiger partial charge on any atom is -0.504 e. The van der Waals surface area contributed by atoms with Gasteiger partial charge in [-0.05, 0) is 43.4 Å². The van der Waals surface area contributed by atoms with Crippen molar-refractivity contribution in [1.82, 2.24) is 5.32 Å². The normalized spacial score (nSPS) is 25.8. The van der Waals surface area contributed by atoms with Crippen molar-refractivity contribution < 1.29 is 14.9 Å². The summed E-state index contributed by atoms with van der Waals surface area (Å²) in [5, 5.41) is 23.1. The van der Waals surface area contributed by atoms with Crippen LogP contribution in [-0.2, 0) is 6.54 Å². The number of aliphatic hydroxyl groups excluding tert-OH is 1. The molecule has 4 heteroatoms. The largest absolute Gasteiger partial charge is 0.504 e. The summed E-state index contributed by atoms with van der Waals surface area (Å²) in [6.45, 7) is 5.53. The lowest BCUT2D eigenvalue weighted by Crippen LogP contribution is -2.51. The number of nitrogens with one attached hydrogen (secondary N) is 1. The number of phenols is 1. The topological polar surface area (TPSA) is 61.7 Å². The molecule has 0 bridgehead atoms. The number of benzene rings is 1. The first kappa shape index (κ1) is 16.1. The van der Waals surface area contributed by atoms with Crippen LogP contribution < -0.4 is 10.1 Å². The molecule has 3 N–H and O–H groups in total. The van der Waals surface area contributed by atoms with Crippen LogP contribution >= 0.6 is 0 Å².